The van der Waals surface area contributed by atoms with Gasteiger partial charge in [-0.3, -0.25) is 4.79 Å². The Labute approximate surface area is 94.6 Å². The van der Waals surface area contributed by atoms with E-state index in [-0.39, 0.29) is 12.4 Å². The molecule has 1 N–H and O–H groups in total. The molecule has 15 heavy (non-hydrogen) atoms. The highest BCUT2D eigenvalue weighted by Crippen LogP contribution is 2.28. The first kappa shape index (κ1) is 9.12. The van der Waals surface area contributed by atoms with E-state index in [1.807, 2.05) is 18.2 Å². The molecule has 0 spiro atoms. The predicted octanol–water partition coefficient (Wildman–Crippen LogP) is 2.64. The summed E-state index contributed by atoms with van der Waals surface area (Å²) >= 11 is 3.40. The van der Waals surface area contributed by atoms with Crippen LogP contribution in [-0.2, 0) is 11.3 Å². The monoisotopic (exact) mass is 265 g/mol. The van der Waals surface area contributed by atoms with Crippen molar-refractivity contribution in [2.45, 2.75) is 6.61 Å². The van der Waals surface area contributed by atoms with E-state index in [9.17, 15) is 4.79 Å². The summed E-state index contributed by atoms with van der Waals surface area (Å²) in [5.41, 5.74) is 2.66. The predicted molar refractivity (Wildman–Crippen MR) is 60.0 cm³/mol. The van der Waals surface area contributed by atoms with Gasteiger partial charge in [0, 0.05) is 15.4 Å². The highest BCUT2D eigenvalue weighted by Gasteiger charge is 2.22. The van der Waals surface area contributed by atoms with Crippen molar-refractivity contribution in [2.75, 3.05) is 6.61 Å². The summed E-state index contributed by atoms with van der Waals surface area (Å²) in [5.74, 6) is 0.0600. The third-order valence-electron chi connectivity index (χ3n) is 2.60. The number of aromatic nitrogens is 1. The van der Waals surface area contributed by atoms with Crippen LogP contribution in [0.15, 0.2) is 22.7 Å². The van der Waals surface area contributed by atoms with Gasteiger partial charge in [0.2, 0.25) is 0 Å². The molecule has 1 aliphatic heterocycles. The zero-order chi connectivity index (χ0) is 10.4. The molecule has 3 nitrogen and oxygen atoms in total. The molecule has 3 rings (SSSR count). The van der Waals surface area contributed by atoms with Crippen LogP contribution in [0.25, 0.3) is 10.9 Å². The third-order valence-corrected chi connectivity index (χ3v) is 3.09. The molecule has 1 aromatic heterocycles. The lowest BCUT2D eigenvalue weighted by atomic mass is 10.1. The highest BCUT2D eigenvalue weighted by atomic mass is 79.9. The number of fused-ring (bicyclic) bond motifs is 3. The molecular weight excluding hydrogens is 258 g/mol. The number of ether oxygens (including phenoxy) is 1. The Balaban J connectivity index is 2.36. The normalized spacial score (nSPS) is 15.7. The number of hydrogen-bond donors (Lipinski definition) is 1. The second-order valence-corrected chi connectivity index (χ2v) is 4.50. The van der Waals surface area contributed by atoms with Gasteiger partial charge in [-0.2, -0.15) is 0 Å². The molecule has 2 aromatic rings. The van der Waals surface area contributed by atoms with Gasteiger partial charge < -0.3 is 9.72 Å². The summed E-state index contributed by atoms with van der Waals surface area (Å²) in [6, 6.07) is 5.87. The van der Waals surface area contributed by atoms with Gasteiger partial charge >= 0.3 is 0 Å². The van der Waals surface area contributed by atoms with E-state index in [4.69, 9.17) is 4.74 Å². The number of Topliss-reactive ketones (excluding diaryl/α,β-unsaturated/α-hetero) is 1. The van der Waals surface area contributed by atoms with E-state index >= 15 is 0 Å². The molecule has 0 aliphatic carbocycles. The molecule has 1 aliphatic rings. The van der Waals surface area contributed by atoms with Gasteiger partial charge in [-0.05, 0) is 12.1 Å². The van der Waals surface area contributed by atoms with Crippen molar-refractivity contribution >= 4 is 32.6 Å². The number of halogens is 1. The van der Waals surface area contributed by atoms with Gasteiger partial charge in [-0.25, -0.2) is 0 Å². The number of carbonyl (C=O) groups is 1. The summed E-state index contributed by atoms with van der Waals surface area (Å²) in [5, 5.41) is 0.988. The van der Waals surface area contributed by atoms with Crippen LogP contribution in [-0.4, -0.2) is 17.4 Å². The minimum absolute atomic E-state index is 0.0600. The molecule has 0 radical (unpaired) electrons. The van der Waals surface area contributed by atoms with Crippen molar-refractivity contribution in [1.82, 2.24) is 4.98 Å². The molecule has 0 saturated carbocycles. The van der Waals surface area contributed by atoms with Gasteiger partial charge in [0.05, 0.1) is 17.9 Å². The number of hydrogen-bond acceptors (Lipinski definition) is 2. The fourth-order valence-corrected chi connectivity index (χ4v) is 2.33. The summed E-state index contributed by atoms with van der Waals surface area (Å²) in [6.07, 6.45) is 0. The Morgan fingerprint density at radius 3 is 3.07 bits per heavy atom. The highest BCUT2D eigenvalue weighted by molar-refractivity contribution is 9.10. The number of nitrogens with one attached hydrogen (secondary N) is 1. The van der Waals surface area contributed by atoms with Crippen molar-refractivity contribution in [2.24, 2.45) is 0 Å². The zero-order valence-electron chi connectivity index (χ0n) is 7.84. The van der Waals surface area contributed by atoms with E-state index in [1.165, 1.54) is 0 Å². The number of benzene rings is 1. The van der Waals surface area contributed by atoms with Crippen LogP contribution in [0.1, 0.15) is 16.1 Å². The van der Waals surface area contributed by atoms with E-state index in [2.05, 4.69) is 20.9 Å². The Bertz CT molecular complexity index is 559. The molecule has 0 fully saturated rings. The van der Waals surface area contributed by atoms with Crippen LogP contribution in [0.4, 0.5) is 0 Å². The van der Waals surface area contributed by atoms with Crippen LogP contribution in [0.5, 0.6) is 0 Å². The molecule has 1 aromatic carbocycles. The minimum atomic E-state index is 0.0600. The van der Waals surface area contributed by atoms with Gasteiger partial charge in [0.15, 0.2) is 5.78 Å². The van der Waals surface area contributed by atoms with Gasteiger partial charge in [-0.15, -0.1) is 0 Å². The van der Waals surface area contributed by atoms with E-state index in [0.717, 1.165) is 26.6 Å². The summed E-state index contributed by atoms with van der Waals surface area (Å²) in [7, 11) is 0. The molecule has 76 valence electrons. The van der Waals surface area contributed by atoms with Crippen LogP contribution >= 0.6 is 15.9 Å². The van der Waals surface area contributed by atoms with Gasteiger partial charge in [0.25, 0.3) is 0 Å². The van der Waals surface area contributed by atoms with Crippen molar-refractivity contribution in [1.29, 1.82) is 0 Å². The second-order valence-electron chi connectivity index (χ2n) is 3.58. The first-order chi connectivity index (χ1) is 7.25. The van der Waals surface area contributed by atoms with Crippen LogP contribution in [0.3, 0.4) is 0 Å². The molecule has 0 amide bonds. The third kappa shape index (κ3) is 1.33. The average Bonchev–Trinajstić information content (AvgIpc) is 2.56. The maximum Gasteiger partial charge on any atom is 0.190 e. The molecule has 0 saturated heterocycles. The quantitative estimate of drug-likeness (QED) is 0.796. The largest absolute Gasteiger partial charge is 0.367 e. The van der Waals surface area contributed by atoms with E-state index < -0.39 is 0 Å². The first-order valence-electron chi connectivity index (χ1n) is 4.67. The lowest BCUT2D eigenvalue weighted by molar-refractivity contribution is 0.0661. The summed E-state index contributed by atoms with van der Waals surface area (Å²) in [4.78, 5) is 14.9. The fraction of sp³-hybridized carbons (Fsp3) is 0.182. The molecule has 2 heterocycles. The van der Waals surface area contributed by atoms with Crippen LogP contribution in [0, 0.1) is 0 Å². The number of rotatable bonds is 0. The number of carbonyl (C=O) groups excluding carboxylic acids is 1. The van der Waals surface area contributed by atoms with Crippen LogP contribution in [0.2, 0.25) is 0 Å². The second kappa shape index (κ2) is 3.18. The van der Waals surface area contributed by atoms with Crippen molar-refractivity contribution in [3.05, 3.63) is 33.9 Å². The lowest BCUT2D eigenvalue weighted by Crippen LogP contribution is -2.16. The zero-order valence-corrected chi connectivity index (χ0v) is 9.43. The SMILES string of the molecule is O=C1COCc2[nH]c3cc(Br)ccc3c21. The van der Waals surface area contributed by atoms with Gasteiger partial charge in [-0.1, -0.05) is 22.0 Å². The summed E-state index contributed by atoms with van der Waals surface area (Å²) < 4.78 is 6.18. The van der Waals surface area contributed by atoms with Crippen LogP contribution < -0.4 is 0 Å². The number of H-pyrrole nitrogens is 1. The topological polar surface area (TPSA) is 42.1 Å². The molecule has 0 bridgehead atoms. The molecule has 4 heteroatoms. The fourth-order valence-electron chi connectivity index (χ4n) is 1.97. The number of aromatic amines is 1. The Morgan fingerprint density at radius 1 is 1.33 bits per heavy atom. The maximum absolute atomic E-state index is 11.7. The Kier molecular flexibility index (Phi) is 1.94. The van der Waals surface area contributed by atoms with Crippen molar-refractivity contribution < 1.29 is 9.53 Å². The molecular formula is C11H8BrNO2. The van der Waals surface area contributed by atoms with E-state index in [1.54, 1.807) is 0 Å². The average molecular weight is 266 g/mol. The minimum Gasteiger partial charge on any atom is -0.367 e. The molecule has 0 atom stereocenters. The number of ketones is 1. The van der Waals surface area contributed by atoms with Crippen molar-refractivity contribution in [3.8, 4) is 0 Å². The van der Waals surface area contributed by atoms with Gasteiger partial charge in [0.1, 0.15) is 6.61 Å². The lowest BCUT2D eigenvalue weighted by Gasteiger charge is -2.10. The first-order valence-corrected chi connectivity index (χ1v) is 5.46. The summed E-state index contributed by atoms with van der Waals surface area (Å²) in [6.45, 7) is 0.684. The Hall–Kier alpha value is -1.13. The standard InChI is InChI=1S/C11H8BrNO2/c12-6-1-2-7-8(3-6)13-9-4-15-5-10(14)11(7)9/h1-3,13H,4-5H2. The maximum atomic E-state index is 11.7. The van der Waals surface area contributed by atoms with Crippen molar-refractivity contribution in [3.63, 3.8) is 0 Å². The van der Waals surface area contributed by atoms with E-state index in [0.29, 0.717) is 6.61 Å². The molecule has 0 unspecified atom stereocenters. The Morgan fingerprint density at radius 2 is 2.20 bits per heavy atom. The smallest absolute Gasteiger partial charge is 0.190 e.